The van der Waals surface area contributed by atoms with Crippen LogP contribution in [0.5, 0.6) is 0 Å². The first kappa shape index (κ1) is 34.0. The number of unbranched alkanes of at least 4 members (excludes halogenated alkanes) is 2. The first-order chi connectivity index (χ1) is 21.7. The summed E-state index contributed by atoms with van der Waals surface area (Å²) < 4.78 is 1.62. The van der Waals surface area contributed by atoms with E-state index in [0.29, 0.717) is 51.5 Å². The van der Waals surface area contributed by atoms with Crippen molar-refractivity contribution >= 4 is 40.3 Å². The second-order valence-electron chi connectivity index (χ2n) is 12.4. The fraction of sp³-hybridized carbons (Fsp3) is 0.618. The average Bonchev–Trinajstić information content (AvgIpc) is 3.41. The Bertz CT molecular complexity index is 1370. The summed E-state index contributed by atoms with van der Waals surface area (Å²) in [5.74, 6) is -1.50. The van der Waals surface area contributed by atoms with Crippen LogP contribution in [0, 0.1) is 5.92 Å². The predicted molar refractivity (Wildman–Crippen MR) is 171 cm³/mol. The lowest BCUT2D eigenvalue weighted by atomic mass is 9.93. The van der Waals surface area contributed by atoms with Gasteiger partial charge in [0.15, 0.2) is 0 Å². The highest BCUT2D eigenvalue weighted by atomic mass is 16.6. The number of ketones is 1. The van der Waals surface area contributed by atoms with Crippen LogP contribution in [0.3, 0.4) is 0 Å². The largest absolute Gasteiger partial charge is 0.417 e. The average molecular weight is 624 g/mol. The van der Waals surface area contributed by atoms with Gasteiger partial charge in [0.25, 0.3) is 0 Å². The van der Waals surface area contributed by atoms with Crippen LogP contribution in [-0.4, -0.2) is 76.9 Å². The minimum absolute atomic E-state index is 0.155. The third kappa shape index (κ3) is 8.23. The van der Waals surface area contributed by atoms with Crippen LogP contribution in [0.25, 0.3) is 10.9 Å². The van der Waals surface area contributed by atoms with E-state index in [1.165, 1.54) is 0 Å². The molecule has 246 valence electrons. The Morgan fingerprint density at radius 1 is 0.956 bits per heavy atom. The Kier molecular flexibility index (Phi) is 12.0. The zero-order chi connectivity index (χ0) is 32.5. The summed E-state index contributed by atoms with van der Waals surface area (Å²) >= 11 is 0. The minimum atomic E-state index is -1.01. The SMILES string of the molecule is CCC(=O)CCCCC[C@@H]1NC(=O)[C@H]2CCCCN2C(=O)C(C(C)CC)NC(=O)[C@H](Cc2cn(OC)c3ccccc23)NC1=O. The number of amides is 4. The van der Waals surface area contributed by atoms with Crippen molar-refractivity contribution in [1.29, 1.82) is 0 Å². The standard InChI is InChI=1S/C34H49N5O6/c1-5-22(3)30-34(44)38-19-13-12-18-29(38)33(43)35-26(16-9-7-8-14-24(40)6-2)31(41)36-27(32(42)37-30)20-23-21-39(45-4)28-17-11-10-15-25(23)28/h10-11,15,17,21-22,26-27,29-30H,5-9,12-14,16,18-20H2,1-4H3,(H,35,43)(H,36,41)(H,37,42)/t22?,26-,27-,29+,30?/m0/s1. The second-order valence-corrected chi connectivity index (χ2v) is 12.4. The van der Waals surface area contributed by atoms with Gasteiger partial charge in [-0.2, -0.15) is 4.73 Å². The predicted octanol–water partition coefficient (Wildman–Crippen LogP) is 3.07. The number of benzene rings is 1. The number of nitrogens with one attached hydrogen (secondary N) is 3. The second kappa shape index (κ2) is 15.9. The molecule has 2 aliphatic heterocycles. The molecule has 0 radical (unpaired) electrons. The molecule has 4 amide bonds. The highest BCUT2D eigenvalue weighted by Gasteiger charge is 2.40. The topological polar surface area (TPSA) is 139 Å². The number of hydrogen-bond acceptors (Lipinski definition) is 6. The third-order valence-electron chi connectivity index (χ3n) is 9.36. The van der Waals surface area contributed by atoms with Gasteiger partial charge in [0.05, 0.1) is 5.52 Å². The van der Waals surface area contributed by atoms with Gasteiger partial charge in [-0.15, -0.1) is 0 Å². The van der Waals surface area contributed by atoms with Crippen LogP contribution in [0.1, 0.15) is 90.5 Å². The molecule has 0 aliphatic carbocycles. The minimum Gasteiger partial charge on any atom is -0.417 e. The van der Waals surface area contributed by atoms with Crippen molar-refractivity contribution in [1.82, 2.24) is 25.6 Å². The van der Waals surface area contributed by atoms with E-state index in [2.05, 4.69) is 16.0 Å². The number of carbonyl (C=O) groups is 5. The molecule has 1 aromatic carbocycles. The number of para-hydroxylation sites is 1. The smallest absolute Gasteiger partial charge is 0.246 e. The number of Topliss-reactive ketones (excluding diaryl/α,β-unsaturated/α-hetero) is 1. The van der Waals surface area contributed by atoms with E-state index in [0.717, 1.165) is 35.7 Å². The van der Waals surface area contributed by atoms with E-state index in [4.69, 9.17) is 4.84 Å². The molecule has 0 spiro atoms. The van der Waals surface area contributed by atoms with E-state index in [-0.39, 0.29) is 29.9 Å². The van der Waals surface area contributed by atoms with Crippen molar-refractivity contribution < 1.29 is 28.8 Å². The van der Waals surface area contributed by atoms with E-state index in [1.54, 1.807) is 22.9 Å². The van der Waals surface area contributed by atoms with Crippen LogP contribution in [0.4, 0.5) is 0 Å². The Morgan fingerprint density at radius 3 is 2.42 bits per heavy atom. The van der Waals surface area contributed by atoms with Crippen molar-refractivity contribution in [3.8, 4) is 0 Å². The first-order valence-electron chi connectivity index (χ1n) is 16.5. The summed E-state index contributed by atoms with van der Waals surface area (Å²) in [6, 6.07) is 4.20. The van der Waals surface area contributed by atoms with E-state index in [9.17, 15) is 24.0 Å². The number of hydrogen-bond donors (Lipinski definition) is 3. The van der Waals surface area contributed by atoms with Crippen LogP contribution < -0.4 is 20.8 Å². The van der Waals surface area contributed by atoms with Crippen molar-refractivity contribution in [2.24, 2.45) is 5.92 Å². The van der Waals surface area contributed by atoms with E-state index >= 15 is 0 Å². The van der Waals surface area contributed by atoms with Crippen molar-refractivity contribution in [2.45, 2.75) is 116 Å². The summed E-state index contributed by atoms with van der Waals surface area (Å²) in [5.41, 5.74) is 1.62. The number of rotatable bonds is 12. The maximum absolute atomic E-state index is 14.0. The maximum atomic E-state index is 14.0. The number of fused-ring (bicyclic) bond motifs is 2. The molecule has 45 heavy (non-hydrogen) atoms. The summed E-state index contributed by atoms with van der Waals surface area (Å²) in [6.07, 6.45) is 8.07. The lowest BCUT2D eigenvalue weighted by Gasteiger charge is -2.39. The van der Waals surface area contributed by atoms with Gasteiger partial charge in [0.1, 0.15) is 37.1 Å². The Balaban J connectivity index is 1.66. The molecule has 0 saturated carbocycles. The molecule has 1 aromatic heterocycles. The maximum Gasteiger partial charge on any atom is 0.246 e. The van der Waals surface area contributed by atoms with Crippen LogP contribution in [0.2, 0.25) is 0 Å². The normalized spacial score (nSPS) is 23.7. The molecule has 11 heteroatoms. The number of aromatic nitrogens is 1. The van der Waals surface area contributed by atoms with Crippen LogP contribution in [0.15, 0.2) is 30.5 Å². The molecular formula is C34H49N5O6. The molecule has 4 rings (SSSR count). The Labute approximate surface area is 265 Å². The van der Waals surface area contributed by atoms with E-state index < -0.39 is 36.0 Å². The lowest BCUT2D eigenvalue weighted by molar-refractivity contribution is -0.147. The molecule has 11 nitrogen and oxygen atoms in total. The fourth-order valence-electron chi connectivity index (χ4n) is 6.38. The van der Waals surface area contributed by atoms with Gasteiger partial charge in [-0.3, -0.25) is 24.0 Å². The van der Waals surface area contributed by atoms with Gasteiger partial charge in [0, 0.05) is 37.4 Å². The van der Waals surface area contributed by atoms with Crippen molar-refractivity contribution in [3.63, 3.8) is 0 Å². The fourth-order valence-corrected chi connectivity index (χ4v) is 6.38. The summed E-state index contributed by atoms with van der Waals surface area (Å²) in [6.45, 7) is 6.14. The molecule has 0 bridgehead atoms. The molecule has 2 aromatic rings. The number of nitrogens with zero attached hydrogens (tertiary/aromatic N) is 2. The molecule has 2 fully saturated rings. The molecule has 3 heterocycles. The molecule has 2 saturated heterocycles. The van der Waals surface area contributed by atoms with Gasteiger partial charge in [-0.05, 0) is 49.7 Å². The number of carbonyl (C=O) groups excluding carboxylic acids is 5. The van der Waals surface area contributed by atoms with Gasteiger partial charge >= 0.3 is 0 Å². The lowest BCUT2D eigenvalue weighted by Crippen LogP contribution is -2.64. The molecule has 2 aliphatic rings. The molecule has 3 N–H and O–H groups in total. The quantitative estimate of drug-likeness (QED) is 0.311. The summed E-state index contributed by atoms with van der Waals surface area (Å²) in [4.78, 5) is 74.5. The first-order valence-corrected chi connectivity index (χ1v) is 16.5. The summed E-state index contributed by atoms with van der Waals surface area (Å²) in [7, 11) is 1.56. The van der Waals surface area contributed by atoms with Gasteiger partial charge in [-0.1, -0.05) is 58.2 Å². The van der Waals surface area contributed by atoms with Crippen LogP contribution >= 0.6 is 0 Å². The Hall–Kier alpha value is -3.89. The summed E-state index contributed by atoms with van der Waals surface area (Å²) in [5, 5.41) is 9.75. The monoisotopic (exact) mass is 623 g/mol. The Morgan fingerprint density at radius 2 is 1.69 bits per heavy atom. The van der Waals surface area contributed by atoms with Crippen molar-refractivity contribution in [3.05, 3.63) is 36.0 Å². The molecule has 2 unspecified atom stereocenters. The van der Waals surface area contributed by atoms with Crippen molar-refractivity contribution in [2.75, 3.05) is 13.7 Å². The van der Waals surface area contributed by atoms with Crippen LogP contribution in [-0.2, 0) is 30.4 Å². The molecule has 5 atom stereocenters. The van der Waals surface area contributed by atoms with Gasteiger partial charge < -0.3 is 25.7 Å². The zero-order valence-corrected chi connectivity index (χ0v) is 27.1. The highest BCUT2D eigenvalue weighted by molar-refractivity contribution is 5.98. The molecular weight excluding hydrogens is 574 g/mol. The zero-order valence-electron chi connectivity index (χ0n) is 27.1. The van der Waals surface area contributed by atoms with Gasteiger partial charge in [-0.25, -0.2) is 0 Å². The van der Waals surface area contributed by atoms with E-state index in [1.807, 2.05) is 45.0 Å². The number of piperidine rings is 1. The van der Waals surface area contributed by atoms with Gasteiger partial charge in [0.2, 0.25) is 23.6 Å². The highest BCUT2D eigenvalue weighted by Crippen LogP contribution is 2.24. The third-order valence-corrected chi connectivity index (χ3v) is 9.36.